The van der Waals surface area contributed by atoms with Crippen molar-refractivity contribution in [2.45, 2.75) is 144 Å². The molecule has 0 aliphatic heterocycles. The van der Waals surface area contributed by atoms with E-state index in [1.54, 1.807) is 0 Å². The lowest BCUT2D eigenvalue weighted by Crippen LogP contribution is -2.51. The molecule has 0 aliphatic rings. The predicted molar refractivity (Wildman–Crippen MR) is 247 cm³/mol. The van der Waals surface area contributed by atoms with E-state index in [4.69, 9.17) is 46.8 Å². The fraction of sp³-hybridized carbons (Fsp3) is 0.971. The molecule has 0 unspecified atom stereocenters. The molecule has 32 heteroatoms. The first kappa shape index (κ1) is 77.1. The molecule has 0 rings (SSSR count). The van der Waals surface area contributed by atoms with Gasteiger partial charge >= 0.3 is 52.0 Å². The number of aliphatic hydroxyl groups excluding tert-OH is 1. The van der Waals surface area contributed by atoms with Crippen LogP contribution in [0.25, 0.3) is 0 Å². The van der Waals surface area contributed by atoms with Gasteiger partial charge in [0.15, 0.2) is 6.10 Å². The molecule has 0 heterocycles. The van der Waals surface area contributed by atoms with Gasteiger partial charge in [-0.15, -0.1) is 0 Å². The maximum absolute atomic E-state index is 13.0. The normalized spacial score (nSPS) is 12.9. The monoisotopic (exact) mass is 1090 g/mol. The van der Waals surface area contributed by atoms with Crippen molar-refractivity contribution in [1.82, 2.24) is 5.32 Å². The summed E-state index contributed by atoms with van der Waals surface area (Å²) >= 11 is 0. The lowest BCUT2D eigenvalue weighted by Gasteiger charge is -2.33. The summed E-state index contributed by atoms with van der Waals surface area (Å²) in [7, 11) is -21.5. The van der Waals surface area contributed by atoms with Crippen LogP contribution in [0.3, 0.4) is 0 Å². The van der Waals surface area contributed by atoms with E-state index in [0.29, 0.717) is 19.3 Å². The van der Waals surface area contributed by atoms with Crippen LogP contribution in [0, 0.1) is 0 Å². The van der Waals surface area contributed by atoms with Crippen LogP contribution in [0.1, 0.15) is 127 Å². The average Bonchev–Trinajstić information content (AvgIpc) is 3.24. The molecule has 0 fully saturated rings. The molecule has 0 aromatic heterocycles. The molecule has 414 valence electrons. The van der Waals surface area contributed by atoms with Crippen molar-refractivity contribution in [3.8, 4) is 0 Å². The minimum Gasteiger partial charge on any atom is -0.396 e. The fourth-order valence-electron chi connectivity index (χ4n) is 4.11. The van der Waals surface area contributed by atoms with Crippen LogP contribution in [0.15, 0.2) is 0 Å². The van der Waals surface area contributed by atoms with Gasteiger partial charge in [0.05, 0.1) is 39.1 Å². The summed E-state index contributed by atoms with van der Waals surface area (Å²) in [6.45, 7) is 14.6. The highest BCUT2D eigenvalue weighted by Crippen LogP contribution is 2.19. The number of nitrogens with one attached hydrogen (secondary N) is 1. The first-order valence-electron chi connectivity index (χ1n) is 21.6. The third-order valence-corrected chi connectivity index (χ3v) is 8.99. The molecule has 3 atom stereocenters. The van der Waals surface area contributed by atoms with E-state index in [1.165, 1.54) is 7.05 Å². The van der Waals surface area contributed by atoms with Crippen molar-refractivity contribution in [1.29, 1.82) is 0 Å². The van der Waals surface area contributed by atoms with Crippen LogP contribution in [0.5, 0.6) is 0 Å². The van der Waals surface area contributed by atoms with Crippen molar-refractivity contribution in [2.75, 3.05) is 79.7 Å². The smallest absolute Gasteiger partial charge is 0.396 e. The minimum atomic E-state index is -4.65. The first-order valence-corrected chi connectivity index (χ1v) is 28.5. The van der Waals surface area contributed by atoms with Gasteiger partial charge in [-0.1, -0.05) is 55.4 Å². The second-order valence-corrected chi connectivity index (χ2v) is 17.0. The quantitative estimate of drug-likeness (QED) is 0.0343. The molecule has 0 aromatic rings. The van der Waals surface area contributed by atoms with Crippen molar-refractivity contribution in [2.24, 2.45) is 0 Å². The van der Waals surface area contributed by atoms with Crippen molar-refractivity contribution < 1.29 is 116 Å². The van der Waals surface area contributed by atoms with Crippen molar-refractivity contribution in [3.05, 3.63) is 0 Å². The molecular weight excluding hydrogens is 1010 g/mol. The Bertz CT molecular complexity index is 1660. The molecule has 7 N–H and O–H groups in total. The summed E-state index contributed by atoms with van der Waals surface area (Å²) in [4.78, 5) is 13.0. The SMILES string of the molecule is CC.CC.CC.CC.CNC(=O)[C@H](OCCCCOS(=O)(=O)O)[C@@H](OCCCCOS(=O)(=O)O)[C@@H](CCOCCCCOS(=O)(=O)O)OCCCCOS(=O)(=O)O.O=S(=O)(O)OCCCCO.[HH]. The van der Waals surface area contributed by atoms with Gasteiger partial charge < -0.3 is 29.4 Å². The highest BCUT2D eigenvalue weighted by molar-refractivity contribution is 7.81. The number of carbonyl (C=O) groups is 1. The zero-order valence-corrected chi connectivity index (χ0v) is 44.3. The highest BCUT2D eigenvalue weighted by Gasteiger charge is 2.36. The Morgan fingerprint density at radius 2 is 0.716 bits per heavy atom. The predicted octanol–water partition coefficient (Wildman–Crippen LogP) is 3.62. The summed E-state index contributed by atoms with van der Waals surface area (Å²) in [5.74, 6) is -0.635. The second-order valence-electron chi connectivity index (χ2n) is 11.6. The molecule has 0 spiro atoms. The van der Waals surface area contributed by atoms with Gasteiger partial charge in [0, 0.05) is 48.1 Å². The van der Waals surface area contributed by atoms with Crippen molar-refractivity contribution >= 4 is 57.9 Å². The third-order valence-electron chi connectivity index (χ3n) is 6.67. The van der Waals surface area contributed by atoms with Crippen LogP contribution >= 0.6 is 0 Å². The van der Waals surface area contributed by atoms with Crippen LogP contribution < -0.4 is 5.32 Å². The Morgan fingerprint density at radius 3 is 1.03 bits per heavy atom. The van der Waals surface area contributed by atoms with Crippen LogP contribution in [-0.4, -0.2) is 174 Å². The van der Waals surface area contributed by atoms with Gasteiger partial charge in [0.2, 0.25) is 0 Å². The van der Waals surface area contributed by atoms with Crippen LogP contribution in [-0.2, 0) is 96.7 Å². The Morgan fingerprint density at radius 1 is 0.433 bits per heavy atom. The number of ether oxygens (including phenoxy) is 4. The number of likely N-dealkylation sites (N-methyl/N-ethyl adjacent to an activating group) is 1. The number of hydrogen-bond acceptors (Lipinski definition) is 21. The number of aliphatic hydroxyl groups is 1. The largest absolute Gasteiger partial charge is 0.397 e. The van der Waals surface area contributed by atoms with Crippen LogP contribution in [0.4, 0.5) is 0 Å². The molecule has 0 saturated heterocycles. The van der Waals surface area contributed by atoms with E-state index in [1.807, 2.05) is 55.4 Å². The maximum Gasteiger partial charge on any atom is 0.397 e. The third kappa shape index (κ3) is 66.7. The van der Waals surface area contributed by atoms with Gasteiger partial charge in [-0.25, -0.2) is 20.9 Å². The number of rotatable bonds is 38. The Labute approximate surface area is 401 Å². The zero-order valence-electron chi connectivity index (χ0n) is 40.2. The number of carbonyl (C=O) groups excluding carboxylic acids is 1. The van der Waals surface area contributed by atoms with Gasteiger partial charge in [-0.3, -0.25) is 27.6 Å². The highest BCUT2D eigenvalue weighted by atomic mass is 32.3. The van der Waals surface area contributed by atoms with E-state index in [-0.39, 0.29) is 125 Å². The summed E-state index contributed by atoms with van der Waals surface area (Å²) in [5, 5.41) is 10.7. The summed E-state index contributed by atoms with van der Waals surface area (Å²) in [6.07, 6.45) is -0.823. The van der Waals surface area contributed by atoms with E-state index in [2.05, 4.69) is 26.2 Å². The lowest BCUT2D eigenvalue weighted by molar-refractivity contribution is -0.165. The molecule has 0 saturated carbocycles. The summed E-state index contributed by atoms with van der Waals surface area (Å²) in [6, 6.07) is 0. The minimum absolute atomic E-state index is 0. The van der Waals surface area contributed by atoms with Gasteiger partial charge in [0.25, 0.3) is 5.91 Å². The molecule has 0 aromatic carbocycles. The molecule has 0 radical (unpaired) electrons. The maximum atomic E-state index is 13.0. The molecule has 27 nitrogen and oxygen atoms in total. The molecule has 1 amide bonds. The Balaban J connectivity index is -0.000000335. The average molecular weight is 1090 g/mol. The Kier molecular flexibility index (Phi) is 57.1. The summed E-state index contributed by atoms with van der Waals surface area (Å²) in [5.41, 5.74) is 0. The zero-order chi connectivity index (χ0) is 53.4. The molecule has 67 heavy (non-hydrogen) atoms. The van der Waals surface area contributed by atoms with Gasteiger partial charge in [0.1, 0.15) is 6.10 Å². The summed E-state index contributed by atoms with van der Waals surface area (Å²) < 4.78 is 193. The Hall–Kier alpha value is -1.38. The number of hydrogen-bond donors (Lipinski definition) is 7. The number of amides is 1. The molecular formula is C35H83NO26S5. The second kappa shape index (κ2) is 49.6. The standard InChI is InChI=1S/C23H47NO21S4.C4H10O5S.4C2H6.H2/c1-24-23(25)22(41-14-5-9-18-45-49(35,36)37)21(40-13-4-8-17-44-48(32,33)34)20(39-12-3-7-16-43-47(29,30)31)10-19-38-11-2-6-15-42-46(26,27)28;5-3-1-2-4-9-10(6,7)8;4*1-2;/h20-22H,2-19H2,1H3,(H,24,25)(H,26,27,28)(H,29,30,31)(H,32,33,34)(H,35,36,37);5H,1-4H2,(H,6,7,8);4*1-2H3;1H/t20-,21+,22-;;;;;;/m1....../s1. The first-order chi connectivity index (χ1) is 31.3. The van der Waals surface area contributed by atoms with Gasteiger partial charge in [-0.2, -0.15) is 42.1 Å². The van der Waals surface area contributed by atoms with Crippen LogP contribution in [0.2, 0.25) is 0 Å². The van der Waals surface area contributed by atoms with Gasteiger partial charge in [-0.05, 0) is 70.6 Å². The molecule has 0 bridgehead atoms. The van der Waals surface area contributed by atoms with Crippen molar-refractivity contribution in [3.63, 3.8) is 0 Å². The fourth-order valence-corrected chi connectivity index (χ4v) is 5.76. The van der Waals surface area contributed by atoms with E-state index >= 15 is 0 Å². The topological polar surface area (TPSA) is 404 Å². The van der Waals surface area contributed by atoms with E-state index < -0.39 is 76.2 Å². The number of unbranched alkanes of at least 4 members (excludes halogenated alkanes) is 5. The van der Waals surface area contributed by atoms with E-state index in [9.17, 15) is 46.9 Å². The lowest BCUT2D eigenvalue weighted by atomic mass is 10.0. The molecule has 0 aliphatic carbocycles. The van der Waals surface area contributed by atoms with E-state index in [0.717, 1.165) is 0 Å².